The molecule has 0 saturated carbocycles. The largest absolute Gasteiger partial charge is 0.308 e. The Balaban J connectivity index is 1.67. The van der Waals surface area contributed by atoms with Gasteiger partial charge in [-0.2, -0.15) is 4.80 Å². The van der Waals surface area contributed by atoms with Crippen molar-refractivity contribution in [2.75, 3.05) is 19.6 Å². The molecule has 0 spiro atoms. The lowest BCUT2D eigenvalue weighted by Crippen LogP contribution is -2.38. The predicted octanol–water partition coefficient (Wildman–Crippen LogP) is -0.216. The van der Waals surface area contributed by atoms with E-state index in [0.717, 1.165) is 12.4 Å². The van der Waals surface area contributed by atoms with Crippen LogP contribution < -0.4 is 5.32 Å². The molecule has 1 saturated heterocycles. The van der Waals surface area contributed by atoms with Crippen LogP contribution in [0, 0.1) is 0 Å². The summed E-state index contributed by atoms with van der Waals surface area (Å²) in [5.74, 6) is 0.760. The smallest absolute Gasteiger partial charge is 0.188 e. The minimum Gasteiger partial charge on any atom is -0.308 e. The van der Waals surface area contributed by atoms with Crippen molar-refractivity contribution in [3.05, 3.63) is 5.82 Å². The van der Waals surface area contributed by atoms with Crippen LogP contribution in [0.15, 0.2) is 0 Å². The highest BCUT2D eigenvalue weighted by atomic mass is 15.6. The van der Waals surface area contributed by atoms with Crippen LogP contribution in [-0.4, -0.2) is 50.8 Å². The van der Waals surface area contributed by atoms with Gasteiger partial charge in [0, 0.05) is 12.6 Å². The van der Waals surface area contributed by atoms with Crippen molar-refractivity contribution in [2.24, 2.45) is 7.05 Å². The molecule has 90 valence electrons. The minimum absolute atomic E-state index is 0.596. The van der Waals surface area contributed by atoms with Crippen LogP contribution in [-0.2, 0) is 13.6 Å². The molecular formula is C10H20N6. The van der Waals surface area contributed by atoms with E-state index in [0.29, 0.717) is 12.6 Å². The van der Waals surface area contributed by atoms with Gasteiger partial charge in [-0.15, -0.1) is 10.2 Å². The normalized spacial score (nSPS) is 19.1. The molecule has 2 heterocycles. The molecular weight excluding hydrogens is 204 g/mol. The van der Waals surface area contributed by atoms with Gasteiger partial charge in [-0.05, 0) is 38.1 Å². The summed E-state index contributed by atoms with van der Waals surface area (Å²) in [6.07, 6.45) is 2.69. The number of nitrogens with zero attached hydrogens (tertiary/aromatic N) is 5. The van der Waals surface area contributed by atoms with Gasteiger partial charge < -0.3 is 5.32 Å². The first-order valence-electron chi connectivity index (χ1n) is 5.93. The van der Waals surface area contributed by atoms with E-state index in [1.807, 2.05) is 0 Å². The highest BCUT2D eigenvalue weighted by molar-refractivity contribution is 4.78. The highest BCUT2D eigenvalue weighted by Gasteiger charge is 2.17. The molecule has 1 aromatic rings. The zero-order valence-electron chi connectivity index (χ0n) is 10.1. The molecule has 1 fully saturated rings. The highest BCUT2D eigenvalue weighted by Crippen LogP contribution is 2.10. The first-order valence-corrected chi connectivity index (χ1v) is 5.93. The first kappa shape index (κ1) is 11.5. The summed E-state index contributed by atoms with van der Waals surface area (Å²) in [5.41, 5.74) is 0. The first-order chi connectivity index (χ1) is 7.75. The van der Waals surface area contributed by atoms with Gasteiger partial charge >= 0.3 is 0 Å². The lowest BCUT2D eigenvalue weighted by Gasteiger charge is -2.23. The maximum absolute atomic E-state index is 4.12. The Kier molecular flexibility index (Phi) is 3.84. The van der Waals surface area contributed by atoms with Gasteiger partial charge in [0.1, 0.15) is 0 Å². The lowest BCUT2D eigenvalue weighted by atomic mass is 10.3. The molecule has 16 heavy (non-hydrogen) atoms. The topological polar surface area (TPSA) is 58.9 Å². The Bertz CT molecular complexity index is 317. The van der Waals surface area contributed by atoms with Gasteiger partial charge in [0.25, 0.3) is 0 Å². The van der Waals surface area contributed by atoms with Crippen molar-refractivity contribution < 1.29 is 0 Å². The Hall–Kier alpha value is -1.01. The molecule has 6 nitrogen and oxygen atoms in total. The molecule has 0 aromatic carbocycles. The second-order valence-corrected chi connectivity index (χ2v) is 4.42. The predicted molar refractivity (Wildman–Crippen MR) is 60.8 cm³/mol. The van der Waals surface area contributed by atoms with Crippen LogP contribution >= 0.6 is 0 Å². The fourth-order valence-electron chi connectivity index (χ4n) is 2.10. The van der Waals surface area contributed by atoms with E-state index in [1.165, 1.54) is 30.7 Å². The summed E-state index contributed by atoms with van der Waals surface area (Å²) < 4.78 is 0. The lowest BCUT2D eigenvalue weighted by molar-refractivity contribution is 0.251. The quantitative estimate of drug-likeness (QED) is 0.749. The molecule has 2 rings (SSSR count). The average molecular weight is 224 g/mol. The van der Waals surface area contributed by atoms with E-state index < -0.39 is 0 Å². The average Bonchev–Trinajstić information content (AvgIpc) is 2.89. The third-order valence-corrected chi connectivity index (χ3v) is 3.04. The van der Waals surface area contributed by atoms with Crippen LogP contribution in [0.3, 0.4) is 0 Å². The summed E-state index contributed by atoms with van der Waals surface area (Å²) in [6, 6.07) is 0.596. The van der Waals surface area contributed by atoms with Crippen LogP contribution in [0.2, 0.25) is 0 Å². The molecule has 1 unspecified atom stereocenters. The molecule has 6 heteroatoms. The van der Waals surface area contributed by atoms with Crippen molar-refractivity contribution in [3.63, 3.8) is 0 Å². The molecule has 1 atom stereocenters. The Morgan fingerprint density at radius 2 is 2.12 bits per heavy atom. The number of aryl methyl sites for hydroxylation is 1. The van der Waals surface area contributed by atoms with Crippen LogP contribution in [0.5, 0.6) is 0 Å². The molecule has 1 aliphatic heterocycles. The van der Waals surface area contributed by atoms with Crippen LogP contribution in [0.25, 0.3) is 0 Å². The maximum Gasteiger partial charge on any atom is 0.188 e. The van der Waals surface area contributed by atoms with E-state index in [9.17, 15) is 0 Å². The van der Waals surface area contributed by atoms with Gasteiger partial charge in [0.2, 0.25) is 0 Å². The van der Waals surface area contributed by atoms with Crippen molar-refractivity contribution in [1.29, 1.82) is 0 Å². The van der Waals surface area contributed by atoms with Crippen LogP contribution in [0.1, 0.15) is 25.6 Å². The van der Waals surface area contributed by atoms with Gasteiger partial charge in [-0.25, -0.2) is 0 Å². The standard InChI is InChI=1S/C10H20N6/c1-9(16-5-3-4-6-16)7-11-8-10-12-14-15(2)13-10/h9,11H,3-8H2,1-2H3. The number of rotatable bonds is 5. The molecule has 0 radical (unpaired) electrons. The second-order valence-electron chi connectivity index (χ2n) is 4.42. The third kappa shape index (κ3) is 2.99. The Morgan fingerprint density at radius 1 is 1.38 bits per heavy atom. The number of hydrogen-bond acceptors (Lipinski definition) is 5. The number of hydrogen-bond donors (Lipinski definition) is 1. The van der Waals surface area contributed by atoms with E-state index in [2.05, 4.69) is 32.6 Å². The summed E-state index contributed by atoms with van der Waals surface area (Å²) in [5, 5.41) is 15.2. The molecule has 0 aliphatic carbocycles. The SMILES string of the molecule is CC(CNCc1nnn(C)n1)N1CCCC1. The number of tetrazole rings is 1. The second kappa shape index (κ2) is 5.36. The zero-order valence-corrected chi connectivity index (χ0v) is 10.1. The van der Waals surface area contributed by atoms with E-state index >= 15 is 0 Å². The van der Waals surface area contributed by atoms with Crippen molar-refractivity contribution in [2.45, 2.75) is 32.4 Å². The Labute approximate surface area is 96.0 Å². The fraction of sp³-hybridized carbons (Fsp3) is 0.900. The van der Waals surface area contributed by atoms with Crippen molar-refractivity contribution in [3.8, 4) is 0 Å². The summed E-state index contributed by atoms with van der Waals surface area (Å²) >= 11 is 0. The van der Waals surface area contributed by atoms with Gasteiger partial charge in [0.15, 0.2) is 5.82 Å². The fourth-order valence-corrected chi connectivity index (χ4v) is 2.10. The third-order valence-electron chi connectivity index (χ3n) is 3.04. The summed E-state index contributed by atoms with van der Waals surface area (Å²) in [7, 11) is 1.78. The van der Waals surface area contributed by atoms with Crippen molar-refractivity contribution in [1.82, 2.24) is 30.4 Å². The minimum atomic E-state index is 0.596. The van der Waals surface area contributed by atoms with Crippen molar-refractivity contribution >= 4 is 0 Å². The van der Waals surface area contributed by atoms with Gasteiger partial charge in [-0.3, -0.25) is 4.90 Å². The Morgan fingerprint density at radius 3 is 2.75 bits per heavy atom. The zero-order chi connectivity index (χ0) is 11.4. The summed E-state index contributed by atoms with van der Waals surface area (Å²) in [6.45, 7) is 6.44. The molecule has 1 N–H and O–H groups in total. The monoisotopic (exact) mass is 224 g/mol. The molecule has 1 aromatic heterocycles. The number of aromatic nitrogens is 4. The van der Waals surface area contributed by atoms with E-state index in [4.69, 9.17) is 0 Å². The van der Waals surface area contributed by atoms with E-state index in [1.54, 1.807) is 7.05 Å². The van der Waals surface area contributed by atoms with Gasteiger partial charge in [-0.1, -0.05) is 0 Å². The van der Waals surface area contributed by atoms with Crippen LogP contribution in [0.4, 0.5) is 0 Å². The molecule has 0 bridgehead atoms. The van der Waals surface area contributed by atoms with Gasteiger partial charge in [0.05, 0.1) is 13.6 Å². The number of nitrogens with one attached hydrogen (secondary N) is 1. The van der Waals surface area contributed by atoms with E-state index in [-0.39, 0.29) is 0 Å². The number of likely N-dealkylation sites (tertiary alicyclic amines) is 1. The molecule has 0 amide bonds. The summed E-state index contributed by atoms with van der Waals surface area (Å²) in [4.78, 5) is 4.01. The molecule has 1 aliphatic rings. The maximum atomic E-state index is 4.12.